The normalized spacial score (nSPS) is 13.8. The van der Waals surface area contributed by atoms with Gasteiger partial charge >= 0.3 is 0 Å². The number of rotatable bonds is 4. The van der Waals surface area contributed by atoms with E-state index in [2.05, 4.69) is 15.6 Å². The molecule has 0 atom stereocenters. The maximum atomic E-state index is 12.4. The summed E-state index contributed by atoms with van der Waals surface area (Å²) < 4.78 is 6.64. The van der Waals surface area contributed by atoms with Gasteiger partial charge in [-0.3, -0.25) is 14.7 Å². The average Bonchev–Trinajstić information content (AvgIpc) is 3.10. The van der Waals surface area contributed by atoms with E-state index < -0.39 is 0 Å². The minimum atomic E-state index is -0.140. The van der Waals surface area contributed by atoms with Gasteiger partial charge in [0.2, 0.25) is 5.91 Å². The molecule has 0 fully saturated rings. The highest BCUT2D eigenvalue weighted by atomic mass is 16.5. The zero-order valence-electron chi connectivity index (χ0n) is 14.7. The number of methoxy groups -OCH3 is 1. The van der Waals surface area contributed by atoms with Gasteiger partial charge in [0.05, 0.1) is 24.2 Å². The van der Waals surface area contributed by atoms with Crippen molar-refractivity contribution < 1.29 is 9.53 Å². The molecular weight excluding hydrogens is 344 g/mol. The van der Waals surface area contributed by atoms with Crippen LogP contribution in [0.4, 0.5) is 0 Å². The molecule has 0 radical (unpaired) electrons. The molecule has 1 amide bonds. The average molecular weight is 362 g/mol. The van der Waals surface area contributed by atoms with Crippen LogP contribution in [0.15, 0.2) is 64.5 Å². The smallest absolute Gasteiger partial charge is 0.271 e. The molecular formula is C20H18N4O3. The zero-order chi connectivity index (χ0) is 18.8. The molecule has 2 N–H and O–H groups in total. The molecule has 2 aromatic carbocycles. The van der Waals surface area contributed by atoms with E-state index in [0.717, 1.165) is 34.0 Å². The van der Waals surface area contributed by atoms with Crippen LogP contribution in [0.3, 0.4) is 0 Å². The van der Waals surface area contributed by atoms with Crippen LogP contribution in [0.2, 0.25) is 0 Å². The lowest BCUT2D eigenvalue weighted by Gasteiger charge is -2.12. The van der Waals surface area contributed by atoms with Crippen LogP contribution >= 0.6 is 0 Å². The summed E-state index contributed by atoms with van der Waals surface area (Å²) in [5.41, 5.74) is 6.52. The van der Waals surface area contributed by atoms with Crippen LogP contribution in [-0.2, 0) is 4.79 Å². The molecule has 0 aliphatic carbocycles. The van der Waals surface area contributed by atoms with Crippen LogP contribution in [0.5, 0.6) is 5.75 Å². The van der Waals surface area contributed by atoms with Crippen LogP contribution in [0.25, 0.3) is 16.9 Å². The standard InChI is InChI=1S/C20H18N4O3/c1-27-16-8-6-15(7-9-16)24-20(26)12-18(23-24)14-4-2-13(3-5-14)17-10-11-19(25)22-21-17/h2-9,12,23H,10-11H2,1H3,(H,22,25). The topological polar surface area (TPSA) is 88.5 Å². The third-order valence-corrected chi connectivity index (χ3v) is 4.48. The van der Waals surface area contributed by atoms with Gasteiger partial charge < -0.3 is 4.74 Å². The molecule has 1 aliphatic rings. The van der Waals surface area contributed by atoms with E-state index in [1.54, 1.807) is 25.3 Å². The quantitative estimate of drug-likeness (QED) is 0.747. The molecule has 4 rings (SSSR count). The fraction of sp³-hybridized carbons (Fsp3) is 0.150. The number of carbonyl (C=O) groups excluding carboxylic acids is 1. The summed E-state index contributed by atoms with van der Waals surface area (Å²) in [5.74, 6) is 0.670. The first-order valence-corrected chi connectivity index (χ1v) is 8.57. The highest BCUT2D eigenvalue weighted by Gasteiger charge is 2.14. The van der Waals surface area contributed by atoms with Crippen molar-refractivity contribution in [2.75, 3.05) is 7.11 Å². The fourth-order valence-electron chi connectivity index (χ4n) is 2.99. The predicted molar refractivity (Wildman–Crippen MR) is 102 cm³/mol. The minimum Gasteiger partial charge on any atom is -0.497 e. The van der Waals surface area contributed by atoms with Crippen molar-refractivity contribution in [2.24, 2.45) is 5.10 Å². The van der Waals surface area contributed by atoms with E-state index in [1.807, 2.05) is 36.4 Å². The van der Waals surface area contributed by atoms with Crippen molar-refractivity contribution in [1.29, 1.82) is 0 Å². The highest BCUT2D eigenvalue weighted by molar-refractivity contribution is 6.04. The lowest BCUT2D eigenvalue weighted by atomic mass is 10.0. The Balaban J connectivity index is 1.60. The fourth-order valence-corrected chi connectivity index (χ4v) is 2.99. The molecule has 0 saturated heterocycles. The van der Waals surface area contributed by atoms with Gasteiger partial charge in [-0.25, -0.2) is 10.1 Å². The zero-order valence-corrected chi connectivity index (χ0v) is 14.7. The van der Waals surface area contributed by atoms with E-state index in [-0.39, 0.29) is 11.5 Å². The van der Waals surface area contributed by atoms with Crippen molar-refractivity contribution in [3.8, 4) is 22.7 Å². The van der Waals surface area contributed by atoms with Gasteiger partial charge in [0.15, 0.2) is 0 Å². The molecule has 2 heterocycles. The summed E-state index contributed by atoms with van der Waals surface area (Å²) in [7, 11) is 1.60. The summed E-state index contributed by atoms with van der Waals surface area (Å²) >= 11 is 0. The van der Waals surface area contributed by atoms with Gasteiger partial charge in [-0.1, -0.05) is 24.3 Å². The molecule has 3 aromatic rings. The summed E-state index contributed by atoms with van der Waals surface area (Å²) in [4.78, 5) is 23.6. The van der Waals surface area contributed by atoms with E-state index in [0.29, 0.717) is 12.8 Å². The Bertz CT molecular complexity index is 1060. The van der Waals surface area contributed by atoms with Gasteiger partial charge in [0.1, 0.15) is 5.75 Å². The van der Waals surface area contributed by atoms with Gasteiger partial charge in [0, 0.05) is 18.9 Å². The van der Waals surface area contributed by atoms with Crippen LogP contribution < -0.4 is 15.7 Å². The second-order valence-corrected chi connectivity index (χ2v) is 6.21. The van der Waals surface area contributed by atoms with E-state index in [1.165, 1.54) is 4.68 Å². The van der Waals surface area contributed by atoms with Crippen molar-refractivity contribution >= 4 is 11.6 Å². The number of aromatic amines is 1. The number of ether oxygens (including phenoxy) is 1. The van der Waals surface area contributed by atoms with Crippen LogP contribution in [0.1, 0.15) is 18.4 Å². The minimum absolute atomic E-state index is 0.0622. The Labute approximate surface area is 155 Å². The largest absolute Gasteiger partial charge is 0.497 e. The molecule has 136 valence electrons. The van der Waals surface area contributed by atoms with Crippen LogP contribution in [-0.4, -0.2) is 28.5 Å². The lowest BCUT2D eigenvalue weighted by Crippen LogP contribution is -2.25. The van der Waals surface area contributed by atoms with Gasteiger partial charge in [-0.15, -0.1) is 0 Å². The number of hydrazone groups is 1. The van der Waals surface area contributed by atoms with Crippen molar-refractivity contribution in [2.45, 2.75) is 12.8 Å². The number of nitrogens with one attached hydrogen (secondary N) is 2. The van der Waals surface area contributed by atoms with Crippen molar-refractivity contribution in [3.63, 3.8) is 0 Å². The first-order chi connectivity index (χ1) is 13.1. The predicted octanol–water partition coefficient (Wildman–Crippen LogP) is 2.46. The van der Waals surface area contributed by atoms with Crippen molar-refractivity contribution in [1.82, 2.24) is 15.2 Å². The first kappa shape index (κ1) is 16.8. The summed E-state index contributed by atoms with van der Waals surface area (Å²) in [5, 5.41) is 7.23. The Hall–Kier alpha value is -3.61. The SMILES string of the molecule is COc1ccc(-n2[nH]c(-c3ccc(C4=NNC(=O)CC4)cc3)cc2=O)cc1. The number of amides is 1. The number of nitrogens with zero attached hydrogens (tertiary/aromatic N) is 2. The molecule has 7 heteroatoms. The molecule has 1 aliphatic heterocycles. The Morgan fingerprint density at radius 3 is 2.30 bits per heavy atom. The van der Waals surface area contributed by atoms with Crippen molar-refractivity contribution in [3.05, 3.63) is 70.5 Å². The number of hydrogen-bond donors (Lipinski definition) is 2. The van der Waals surface area contributed by atoms with E-state index in [9.17, 15) is 9.59 Å². The molecule has 0 unspecified atom stereocenters. The lowest BCUT2D eigenvalue weighted by molar-refractivity contribution is -0.121. The van der Waals surface area contributed by atoms with Crippen LogP contribution in [0, 0.1) is 0 Å². The molecule has 1 aromatic heterocycles. The number of hydrogen-bond acceptors (Lipinski definition) is 4. The number of H-pyrrole nitrogens is 1. The summed E-state index contributed by atoms with van der Waals surface area (Å²) in [6.45, 7) is 0. The summed E-state index contributed by atoms with van der Waals surface area (Å²) in [6.07, 6.45) is 1.06. The van der Waals surface area contributed by atoms with E-state index in [4.69, 9.17) is 4.74 Å². The molecule has 0 saturated carbocycles. The first-order valence-electron chi connectivity index (χ1n) is 8.57. The third kappa shape index (κ3) is 3.39. The third-order valence-electron chi connectivity index (χ3n) is 4.48. The van der Waals surface area contributed by atoms with Gasteiger partial charge in [-0.2, -0.15) is 5.10 Å². The Morgan fingerprint density at radius 2 is 1.67 bits per heavy atom. The van der Waals surface area contributed by atoms with Gasteiger partial charge in [-0.05, 0) is 35.4 Å². The highest BCUT2D eigenvalue weighted by Crippen LogP contribution is 2.20. The molecule has 0 spiro atoms. The summed E-state index contributed by atoms with van der Waals surface area (Å²) in [6, 6.07) is 16.6. The second-order valence-electron chi connectivity index (χ2n) is 6.21. The maximum absolute atomic E-state index is 12.4. The molecule has 27 heavy (non-hydrogen) atoms. The maximum Gasteiger partial charge on any atom is 0.271 e. The number of benzene rings is 2. The number of carbonyl (C=O) groups is 1. The molecule has 7 nitrogen and oxygen atoms in total. The monoisotopic (exact) mass is 362 g/mol. The Kier molecular flexibility index (Phi) is 4.33. The Morgan fingerprint density at radius 1 is 0.963 bits per heavy atom. The number of aromatic nitrogens is 2. The van der Waals surface area contributed by atoms with E-state index >= 15 is 0 Å². The molecule has 0 bridgehead atoms. The second kappa shape index (κ2) is 6.95. The van der Waals surface area contributed by atoms with Gasteiger partial charge in [0.25, 0.3) is 5.56 Å².